The van der Waals surface area contributed by atoms with E-state index in [1.54, 1.807) is 12.1 Å². The van der Waals surface area contributed by atoms with E-state index in [0.29, 0.717) is 5.56 Å². The van der Waals surface area contributed by atoms with E-state index in [1.165, 1.54) is 13.3 Å². The van der Waals surface area contributed by atoms with Gasteiger partial charge in [0.15, 0.2) is 5.17 Å². The number of carbonyl (C=O) groups excluding carboxylic acids is 2. The average molecular weight is 431 g/mol. The minimum Gasteiger partial charge on any atom is -0.507 e. The lowest BCUT2D eigenvalue weighted by molar-refractivity contribution is -0.135. The molecule has 0 aromatic heterocycles. The summed E-state index contributed by atoms with van der Waals surface area (Å²) in [5.74, 6) is -0.974. The Labute approximate surface area is 143 Å². The van der Waals surface area contributed by atoms with Gasteiger partial charge >= 0.3 is 5.97 Å². The van der Waals surface area contributed by atoms with Crippen LogP contribution in [0, 0.1) is 3.57 Å². The lowest BCUT2D eigenvalue weighted by atomic mass is 10.2. The predicted molar refractivity (Wildman–Crippen MR) is 91.7 cm³/mol. The van der Waals surface area contributed by atoms with Gasteiger partial charge in [0.25, 0.3) is 5.91 Å². The molecule has 2 rings (SSSR count). The molecule has 1 saturated heterocycles. The number of aromatic hydroxyl groups is 1. The van der Waals surface area contributed by atoms with E-state index in [4.69, 9.17) is 0 Å². The Balaban J connectivity index is 2.12. The molecule has 0 radical (unpaired) electrons. The van der Waals surface area contributed by atoms with E-state index in [2.05, 4.69) is 42.8 Å². The van der Waals surface area contributed by atoms with E-state index in [1.807, 2.05) is 6.07 Å². The van der Waals surface area contributed by atoms with Crippen LogP contribution in [0.25, 0.3) is 0 Å². The van der Waals surface area contributed by atoms with Crippen LogP contribution in [0.5, 0.6) is 5.75 Å². The minimum absolute atomic E-state index is 0.0882. The number of thioether (sulfide) groups is 1. The molecule has 0 atom stereocenters. The molecule has 1 aromatic rings. The Kier molecular flexibility index (Phi) is 5.55. The topological polar surface area (TPSA) is 100 Å². The second-order valence-corrected chi connectivity index (χ2v) is 6.10. The third kappa shape index (κ3) is 4.07. The van der Waals surface area contributed by atoms with Crippen LogP contribution in [0.1, 0.15) is 5.56 Å². The molecule has 9 heteroatoms. The number of esters is 1. The maximum Gasteiger partial charge on any atom is 0.331 e. The van der Waals surface area contributed by atoms with Gasteiger partial charge < -0.3 is 9.84 Å². The molecule has 114 valence electrons. The molecular weight excluding hydrogens is 421 g/mol. The average Bonchev–Trinajstić information content (AvgIpc) is 2.82. The molecule has 0 spiro atoms. The Morgan fingerprint density at radius 3 is 2.95 bits per heavy atom. The quantitative estimate of drug-likeness (QED) is 0.249. The van der Waals surface area contributed by atoms with Gasteiger partial charge in [-0.25, -0.2) is 4.79 Å². The van der Waals surface area contributed by atoms with Crippen molar-refractivity contribution in [1.29, 1.82) is 0 Å². The molecule has 7 nitrogen and oxygen atoms in total. The fraction of sp³-hybridized carbons (Fsp3) is 0.0769. The van der Waals surface area contributed by atoms with Crippen molar-refractivity contribution in [2.24, 2.45) is 10.2 Å². The highest BCUT2D eigenvalue weighted by atomic mass is 127. The van der Waals surface area contributed by atoms with Gasteiger partial charge in [0, 0.05) is 15.2 Å². The van der Waals surface area contributed by atoms with Crippen molar-refractivity contribution in [3.05, 3.63) is 38.3 Å². The Morgan fingerprint density at radius 2 is 2.27 bits per heavy atom. The zero-order valence-corrected chi connectivity index (χ0v) is 14.2. The van der Waals surface area contributed by atoms with Crippen molar-refractivity contribution >= 4 is 57.6 Å². The molecule has 1 aromatic carbocycles. The Hall–Kier alpha value is -1.88. The van der Waals surface area contributed by atoms with Crippen LogP contribution in [0.2, 0.25) is 0 Å². The lowest BCUT2D eigenvalue weighted by Gasteiger charge is -1.99. The smallest absolute Gasteiger partial charge is 0.331 e. The second-order valence-electron chi connectivity index (χ2n) is 3.91. The van der Waals surface area contributed by atoms with Crippen LogP contribution in [-0.2, 0) is 14.3 Å². The molecule has 0 bridgehead atoms. The number of nitrogens with zero attached hydrogens (tertiary/aromatic N) is 2. The number of hydrogen-bond donors (Lipinski definition) is 2. The van der Waals surface area contributed by atoms with Crippen LogP contribution in [0.4, 0.5) is 0 Å². The summed E-state index contributed by atoms with van der Waals surface area (Å²) in [4.78, 5) is 22.9. The number of phenolic OH excluding ortho intramolecular Hbond substituents is 1. The van der Waals surface area contributed by atoms with Gasteiger partial charge in [0.1, 0.15) is 5.75 Å². The highest BCUT2D eigenvalue weighted by Gasteiger charge is 2.24. The highest BCUT2D eigenvalue weighted by molar-refractivity contribution is 14.1. The van der Waals surface area contributed by atoms with E-state index < -0.39 is 11.9 Å². The minimum atomic E-state index is -0.619. The number of halogens is 1. The molecule has 22 heavy (non-hydrogen) atoms. The van der Waals surface area contributed by atoms with Crippen LogP contribution < -0.4 is 5.32 Å². The van der Waals surface area contributed by atoms with Gasteiger partial charge in [-0.3, -0.25) is 10.1 Å². The molecule has 0 saturated carbocycles. The number of ether oxygens (including phenoxy) is 1. The van der Waals surface area contributed by atoms with E-state index in [0.717, 1.165) is 21.4 Å². The van der Waals surface area contributed by atoms with Crippen molar-refractivity contribution in [2.45, 2.75) is 0 Å². The third-order valence-corrected chi connectivity index (χ3v) is 4.31. The number of hydrogen-bond acceptors (Lipinski definition) is 7. The van der Waals surface area contributed by atoms with E-state index in [-0.39, 0.29) is 15.8 Å². The van der Waals surface area contributed by atoms with Crippen molar-refractivity contribution in [1.82, 2.24) is 5.32 Å². The van der Waals surface area contributed by atoms with Gasteiger partial charge in [-0.2, -0.15) is 5.10 Å². The van der Waals surface area contributed by atoms with Gasteiger partial charge in [0.05, 0.1) is 18.2 Å². The number of rotatable bonds is 3. The number of carbonyl (C=O) groups is 2. The van der Waals surface area contributed by atoms with Gasteiger partial charge in [0.2, 0.25) is 0 Å². The zero-order valence-electron chi connectivity index (χ0n) is 11.2. The van der Waals surface area contributed by atoms with Crippen LogP contribution in [0.3, 0.4) is 0 Å². The zero-order chi connectivity index (χ0) is 16.1. The predicted octanol–water partition coefficient (Wildman–Crippen LogP) is 1.61. The molecule has 1 aliphatic heterocycles. The Morgan fingerprint density at radius 1 is 1.50 bits per heavy atom. The van der Waals surface area contributed by atoms with E-state index >= 15 is 0 Å². The van der Waals surface area contributed by atoms with E-state index in [9.17, 15) is 14.7 Å². The maximum atomic E-state index is 11.6. The second kappa shape index (κ2) is 7.40. The van der Waals surface area contributed by atoms with Crippen molar-refractivity contribution in [3.8, 4) is 5.75 Å². The summed E-state index contributed by atoms with van der Waals surface area (Å²) >= 11 is 3.04. The summed E-state index contributed by atoms with van der Waals surface area (Å²) in [6.45, 7) is 0. The summed E-state index contributed by atoms with van der Waals surface area (Å²) < 4.78 is 5.27. The number of nitrogens with one attached hydrogen (secondary N) is 1. The van der Waals surface area contributed by atoms with Gasteiger partial charge in [-0.1, -0.05) is 6.07 Å². The van der Waals surface area contributed by atoms with Crippen molar-refractivity contribution in [3.63, 3.8) is 0 Å². The monoisotopic (exact) mass is 431 g/mol. The SMILES string of the molecule is COC(=O)/C=C1/S/C(=N\N=Cc2c(O)cccc2I)NC1=O. The van der Waals surface area contributed by atoms with Crippen LogP contribution in [0.15, 0.2) is 39.4 Å². The molecule has 1 amide bonds. The first-order valence-electron chi connectivity index (χ1n) is 5.88. The highest BCUT2D eigenvalue weighted by Crippen LogP contribution is 2.24. The summed E-state index contributed by atoms with van der Waals surface area (Å²) in [6.07, 6.45) is 2.47. The fourth-order valence-corrected chi connectivity index (χ4v) is 2.80. The van der Waals surface area contributed by atoms with Crippen LogP contribution >= 0.6 is 34.4 Å². The third-order valence-electron chi connectivity index (χ3n) is 2.47. The number of phenols is 1. The van der Waals surface area contributed by atoms with Crippen molar-refractivity contribution in [2.75, 3.05) is 7.11 Å². The molecule has 0 unspecified atom stereocenters. The lowest BCUT2D eigenvalue weighted by Crippen LogP contribution is -2.19. The number of methoxy groups -OCH3 is 1. The molecule has 0 aliphatic carbocycles. The summed E-state index contributed by atoms with van der Waals surface area (Å²) in [7, 11) is 1.23. The number of amidine groups is 1. The fourth-order valence-electron chi connectivity index (χ4n) is 1.43. The molecule has 1 aliphatic rings. The summed E-state index contributed by atoms with van der Waals surface area (Å²) in [6, 6.07) is 5.08. The molecular formula is C13H10IN3O4S. The Bertz CT molecular complexity index is 695. The van der Waals surface area contributed by atoms with Crippen LogP contribution in [-0.4, -0.2) is 35.5 Å². The molecule has 1 fully saturated rings. The number of amides is 1. The largest absolute Gasteiger partial charge is 0.507 e. The first-order valence-corrected chi connectivity index (χ1v) is 7.78. The molecule has 1 heterocycles. The standard InChI is InChI=1S/C13H10IN3O4S/c1-21-11(19)5-10-12(20)16-13(22-10)17-15-6-7-8(14)3-2-4-9(7)18/h2-6,18H,1H3,(H,16,17,20)/b10-5+,15-6?. The molecule has 2 N–H and O–H groups in total. The first kappa shape index (κ1) is 16.5. The number of benzene rings is 1. The van der Waals surface area contributed by atoms with Gasteiger partial charge in [-0.05, 0) is 46.5 Å². The summed E-state index contributed by atoms with van der Waals surface area (Å²) in [5.41, 5.74) is 0.534. The summed E-state index contributed by atoms with van der Waals surface area (Å²) in [5, 5.41) is 20.1. The normalized spacial score (nSPS) is 18.2. The van der Waals surface area contributed by atoms with Gasteiger partial charge in [-0.15, -0.1) is 5.10 Å². The maximum absolute atomic E-state index is 11.6. The van der Waals surface area contributed by atoms with Crippen molar-refractivity contribution < 1.29 is 19.4 Å². The first-order chi connectivity index (χ1) is 10.5.